The highest BCUT2D eigenvalue weighted by atomic mass is 16.5. The van der Waals surface area contributed by atoms with E-state index in [1.165, 1.54) is 0 Å². The first kappa shape index (κ1) is 19.0. The molecule has 1 unspecified atom stereocenters. The Hall–Kier alpha value is -1.06. The first-order valence-electron chi connectivity index (χ1n) is 8.32. The number of esters is 1. The molecule has 1 heterocycles. The lowest BCUT2D eigenvalue weighted by Gasteiger charge is -2.43. The molecule has 0 aromatic heterocycles. The number of rotatable bonds is 5. The fourth-order valence-corrected chi connectivity index (χ4v) is 3.05. The van der Waals surface area contributed by atoms with Gasteiger partial charge in [-0.05, 0) is 30.6 Å². The van der Waals surface area contributed by atoms with Crippen LogP contribution in [0.25, 0.3) is 0 Å². The molecule has 1 aliphatic rings. The van der Waals surface area contributed by atoms with Gasteiger partial charge in [-0.1, -0.05) is 41.5 Å². The van der Waals surface area contributed by atoms with Crippen molar-refractivity contribution in [1.29, 1.82) is 0 Å². The van der Waals surface area contributed by atoms with Crippen LogP contribution in [0, 0.1) is 16.2 Å². The molecule has 1 aliphatic heterocycles. The van der Waals surface area contributed by atoms with Gasteiger partial charge in [0.1, 0.15) is 6.61 Å². The summed E-state index contributed by atoms with van der Waals surface area (Å²) in [5.74, 6) is 0.0193. The molecule has 128 valence electrons. The van der Waals surface area contributed by atoms with Gasteiger partial charge in [0.05, 0.1) is 12.0 Å². The van der Waals surface area contributed by atoms with Crippen molar-refractivity contribution in [3.8, 4) is 0 Å². The topological polar surface area (TPSA) is 46.6 Å². The van der Waals surface area contributed by atoms with E-state index in [1.807, 2.05) is 6.92 Å². The fourth-order valence-electron chi connectivity index (χ4n) is 3.05. The van der Waals surface area contributed by atoms with Crippen LogP contribution in [0.1, 0.15) is 67.7 Å². The fraction of sp³-hybridized carbons (Fsp3) is 0.889. The highest BCUT2D eigenvalue weighted by molar-refractivity contribution is 5.78. The zero-order valence-electron chi connectivity index (χ0n) is 15.4. The van der Waals surface area contributed by atoms with E-state index in [1.54, 1.807) is 4.90 Å². The molecule has 0 N–H and O–H groups in total. The van der Waals surface area contributed by atoms with Gasteiger partial charge in [-0.15, -0.1) is 0 Å². The Balaban J connectivity index is 2.66. The second-order valence-electron chi connectivity index (χ2n) is 8.94. The van der Waals surface area contributed by atoms with Crippen LogP contribution in [0.3, 0.4) is 0 Å². The van der Waals surface area contributed by atoms with E-state index in [-0.39, 0.29) is 22.7 Å². The molecule has 4 heteroatoms. The molecule has 1 fully saturated rings. The first-order chi connectivity index (χ1) is 9.87. The molecular formula is C18H33NO3. The summed E-state index contributed by atoms with van der Waals surface area (Å²) in [6.45, 7) is 16.3. The highest BCUT2D eigenvalue weighted by Crippen LogP contribution is 2.47. The molecule has 22 heavy (non-hydrogen) atoms. The second kappa shape index (κ2) is 6.59. The van der Waals surface area contributed by atoms with Crippen LogP contribution in [0.2, 0.25) is 0 Å². The number of carbonyl (C=O) groups is 2. The van der Waals surface area contributed by atoms with E-state index in [0.717, 1.165) is 19.4 Å². The monoisotopic (exact) mass is 311 g/mol. The average molecular weight is 311 g/mol. The number of hydrogen-bond acceptors (Lipinski definition) is 3. The molecule has 0 saturated carbocycles. The zero-order valence-corrected chi connectivity index (χ0v) is 15.4. The van der Waals surface area contributed by atoms with Gasteiger partial charge in [-0.2, -0.15) is 0 Å². The Morgan fingerprint density at radius 1 is 1.14 bits per heavy atom. The third-order valence-corrected chi connectivity index (χ3v) is 4.76. The number of likely N-dealkylation sites (tertiary alicyclic amines) is 1. The third kappa shape index (κ3) is 4.72. The van der Waals surface area contributed by atoms with Crippen molar-refractivity contribution in [2.24, 2.45) is 16.2 Å². The maximum Gasteiger partial charge on any atom is 0.312 e. The Kier molecular flexibility index (Phi) is 5.69. The van der Waals surface area contributed by atoms with Crippen LogP contribution in [0.5, 0.6) is 0 Å². The zero-order chi connectivity index (χ0) is 17.2. The predicted molar refractivity (Wildman–Crippen MR) is 88.4 cm³/mol. The summed E-state index contributed by atoms with van der Waals surface area (Å²) in [7, 11) is 0. The van der Waals surface area contributed by atoms with Crippen LogP contribution in [0.4, 0.5) is 0 Å². The van der Waals surface area contributed by atoms with E-state index in [9.17, 15) is 9.59 Å². The van der Waals surface area contributed by atoms with Crippen molar-refractivity contribution < 1.29 is 14.3 Å². The van der Waals surface area contributed by atoms with E-state index < -0.39 is 5.41 Å². The van der Waals surface area contributed by atoms with E-state index in [2.05, 4.69) is 41.5 Å². The van der Waals surface area contributed by atoms with E-state index in [4.69, 9.17) is 4.74 Å². The summed E-state index contributed by atoms with van der Waals surface area (Å²) >= 11 is 0. The molecule has 1 rings (SSSR count). The molecule has 0 radical (unpaired) electrons. The van der Waals surface area contributed by atoms with Gasteiger partial charge < -0.3 is 9.64 Å². The number of carbonyl (C=O) groups excluding carboxylic acids is 2. The van der Waals surface area contributed by atoms with Gasteiger partial charge in [0.2, 0.25) is 5.91 Å². The van der Waals surface area contributed by atoms with Gasteiger partial charge in [-0.3, -0.25) is 9.59 Å². The maximum atomic E-state index is 12.7. The summed E-state index contributed by atoms with van der Waals surface area (Å²) in [5, 5.41) is 0. The Morgan fingerprint density at radius 2 is 1.73 bits per heavy atom. The van der Waals surface area contributed by atoms with Crippen LogP contribution < -0.4 is 0 Å². The van der Waals surface area contributed by atoms with Gasteiger partial charge in [0, 0.05) is 13.0 Å². The SMILES string of the molecule is CC(C)(C)CC(C)(C(=O)OCCN1CCCC1=O)C(C)(C)C. The highest BCUT2D eigenvalue weighted by Gasteiger charge is 2.47. The quantitative estimate of drug-likeness (QED) is 0.728. The summed E-state index contributed by atoms with van der Waals surface area (Å²) in [4.78, 5) is 26.1. The second-order valence-corrected chi connectivity index (χ2v) is 8.94. The van der Waals surface area contributed by atoms with Crippen molar-refractivity contribution in [1.82, 2.24) is 4.90 Å². The Morgan fingerprint density at radius 3 is 2.14 bits per heavy atom. The lowest BCUT2D eigenvalue weighted by Crippen LogP contribution is -2.45. The number of hydrogen-bond donors (Lipinski definition) is 0. The molecule has 0 aromatic rings. The van der Waals surface area contributed by atoms with Crippen LogP contribution >= 0.6 is 0 Å². The lowest BCUT2D eigenvalue weighted by molar-refractivity contribution is -0.165. The van der Waals surface area contributed by atoms with Crippen molar-refractivity contribution in [3.05, 3.63) is 0 Å². The standard InChI is InChI=1S/C18H33NO3/c1-16(2,3)13-18(7,17(4,5)6)15(21)22-12-11-19-10-8-9-14(19)20/h8-13H2,1-7H3. The molecule has 0 aromatic carbocycles. The van der Waals surface area contributed by atoms with E-state index >= 15 is 0 Å². The molecule has 1 atom stereocenters. The van der Waals surface area contributed by atoms with E-state index in [0.29, 0.717) is 19.6 Å². The summed E-state index contributed by atoms with van der Waals surface area (Å²) in [6.07, 6.45) is 2.30. The molecule has 0 spiro atoms. The number of nitrogens with zero attached hydrogens (tertiary/aromatic N) is 1. The average Bonchev–Trinajstić information content (AvgIpc) is 2.71. The smallest absolute Gasteiger partial charge is 0.312 e. The normalized spacial score (nSPS) is 19.2. The third-order valence-electron chi connectivity index (χ3n) is 4.76. The molecular weight excluding hydrogens is 278 g/mol. The van der Waals surface area contributed by atoms with Gasteiger partial charge >= 0.3 is 5.97 Å². The number of amides is 1. The van der Waals surface area contributed by atoms with Crippen LogP contribution in [-0.2, 0) is 14.3 Å². The van der Waals surface area contributed by atoms with Crippen LogP contribution in [-0.4, -0.2) is 36.5 Å². The minimum atomic E-state index is -0.541. The Labute approximate surface area is 135 Å². The summed E-state index contributed by atoms with van der Waals surface area (Å²) in [6, 6.07) is 0. The Bertz CT molecular complexity index is 417. The minimum Gasteiger partial charge on any atom is -0.463 e. The van der Waals surface area contributed by atoms with Gasteiger partial charge in [0.15, 0.2) is 0 Å². The molecule has 0 aliphatic carbocycles. The maximum absolute atomic E-state index is 12.7. The van der Waals surface area contributed by atoms with Gasteiger partial charge in [0.25, 0.3) is 0 Å². The van der Waals surface area contributed by atoms with Crippen molar-refractivity contribution in [2.75, 3.05) is 19.7 Å². The number of ether oxygens (including phenoxy) is 1. The lowest BCUT2D eigenvalue weighted by atomic mass is 9.61. The first-order valence-corrected chi connectivity index (χ1v) is 8.32. The minimum absolute atomic E-state index is 0.0476. The molecule has 1 saturated heterocycles. The summed E-state index contributed by atoms with van der Waals surface area (Å²) in [5.41, 5.74) is -0.674. The van der Waals surface area contributed by atoms with Crippen molar-refractivity contribution in [2.45, 2.75) is 67.7 Å². The summed E-state index contributed by atoms with van der Waals surface area (Å²) < 4.78 is 5.56. The van der Waals surface area contributed by atoms with Crippen molar-refractivity contribution in [3.63, 3.8) is 0 Å². The largest absolute Gasteiger partial charge is 0.463 e. The molecule has 1 amide bonds. The molecule has 4 nitrogen and oxygen atoms in total. The van der Waals surface area contributed by atoms with Gasteiger partial charge in [-0.25, -0.2) is 0 Å². The molecule has 0 bridgehead atoms. The van der Waals surface area contributed by atoms with Crippen molar-refractivity contribution >= 4 is 11.9 Å². The predicted octanol–water partition coefficient (Wildman–Crippen LogP) is 3.64. The van der Waals surface area contributed by atoms with Crippen LogP contribution in [0.15, 0.2) is 0 Å².